The molecule has 0 atom stereocenters. The highest BCUT2D eigenvalue weighted by Gasteiger charge is 2.26. The predicted octanol–water partition coefficient (Wildman–Crippen LogP) is 3.85. The van der Waals surface area contributed by atoms with Crippen LogP contribution < -0.4 is 10.1 Å². The van der Waals surface area contributed by atoms with Crippen molar-refractivity contribution in [3.05, 3.63) is 44.2 Å². The van der Waals surface area contributed by atoms with Crippen LogP contribution in [0.25, 0.3) is 0 Å². The molecule has 1 N–H and O–H groups in total. The smallest absolute Gasteiger partial charge is 0.262 e. The summed E-state index contributed by atoms with van der Waals surface area (Å²) >= 11 is 13.2. The molecular weight excluding hydrogens is 409 g/mol. The van der Waals surface area contributed by atoms with E-state index in [1.54, 1.807) is 17.0 Å². The number of hydrogen-bond donors (Lipinski definition) is 1. The van der Waals surface area contributed by atoms with Crippen LogP contribution in [-0.2, 0) is 22.6 Å². The highest BCUT2D eigenvalue weighted by molar-refractivity contribution is 7.16. The minimum absolute atomic E-state index is 0.00798. The number of nitrogens with zero attached hydrogens (tertiary/aromatic N) is 2. The Morgan fingerprint density at radius 2 is 2.19 bits per heavy atom. The predicted molar refractivity (Wildman–Crippen MR) is 104 cm³/mol. The number of ether oxygens (including phenoxy) is 1. The molecule has 0 spiro atoms. The van der Waals surface area contributed by atoms with E-state index in [0.29, 0.717) is 45.9 Å². The number of amides is 2. The van der Waals surface area contributed by atoms with Crippen LogP contribution in [0.1, 0.15) is 22.9 Å². The monoisotopic (exact) mass is 423 g/mol. The van der Waals surface area contributed by atoms with E-state index in [1.807, 2.05) is 0 Å². The van der Waals surface area contributed by atoms with Crippen LogP contribution in [0.15, 0.2) is 18.2 Å². The number of hydrogen-bond acceptors (Lipinski definition) is 5. The Morgan fingerprint density at radius 1 is 1.41 bits per heavy atom. The third kappa shape index (κ3) is 4.35. The van der Waals surface area contributed by atoms with Gasteiger partial charge in [0.05, 0.1) is 17.1 Å². The molecule has 6 nitrogen and oxygen atoms in total. The lowest BCUT2D eigenvalue weighted by Gasteiger charge is -2.25. The van der Waals surface area contributed by atoms with Crippen LogP contribution >= 0.6 is 34.5 Å². The number of benzene rings is 1. The van der Waals surface area contributed by atoms with Gasteiger partial charge in [0.1, 0.15) is 16.8 Å². The van der Waals surface area contributed by atoms with Gasteiger partial charge in [-0.3, -0.25) is 9.59 Å². The molecule has 0 saturated carbocycles. The normalized spacial score (nSPS) is 12.9. The van der Waals surface area contributed by atoms with Gasteiger partial charge >= 0.3 is 0 Å². The average molecular weight is 424 g/mol. The average Bonchev–Trinajstić information content (AvgIpc) is 2.96. The van der Waals surface area contributed by atoms with E-state index in [9.17, 15) is 14.9 Å². The Hall–Kier alpha value is -2.27. The summed E-state index contributed by atoms with van der Waals surface area (Å²) in [6.07, 6.45) is 0.598. The van der Waals surface area contributed by atoms with Gasteiger partial charge in [-0.15, -0.1) is 11.3 Å². The molecule has 0 radical (unpaired) electrons. The summed E-state index contributed by atoms with van der Waals surface area (Å²) in [6, 6.07) is 6.88. The highest BCUT2D eigenvalue weighted by atomic mass is 35.5. The van der Waals surface area contributed by atoms with Gasteiger partial charge in [-0.1, -0.05) is 23.2 Å². The van der Waals surface area contributed by atoms with E-state index >= 15 is 0 Å². The Kier molecular flexibility index (Phi) is 5.90. The molecule has 0 saturated heterocycles. The van der Waals surface area contributed by atoms with Gasteiger partial charge in [-0.25, -0.2) is 0 Å². The van der Waals surface area contributed by atoms with Crippen molar-refractivity contribution in [1.29, 1.82) is 5.26 Å². The molecule has 2 aromatic rings. The molecule has 2 heterocycles. The number of carbonyl (C=O) groups is 2. The summed E-state index contributed by atoms with van der Waals surface area (Å²) in [6.45, 7) is 2.29. The number of halogens is 2. The summed E-state index contributed by atoms with van der Waals surface area (Å²) in [7, 11) is 0. The molecule has 0 unspecified atom stereocenters. The number of nitrogens with one attached hydrogen (secondary N) is 1. The van der Waals surface area contributed by atoms with Gasteiger partial charge in [0.15, 0.2) is 6.61 Å². The SMILES string of the molecule is CC(=O)N1CCc2c(sc(NC(=O)COc3ccc(Cl)cc3Cl)c2C#N)C1. The minimum atomic E-state index is -0.403. The third-order valence-electron chi connectivity index (χ3n) is 4.12. The Morgan fingerprint density at radius 3 is 2.85 bits per heavy atom. The lowest BCUT2D eigenvalue weighted by molar-refractivity contribution is -0.129. The standard InChI is InChI=1S/C18H15Cl2N3O3S/c1-10(24)23-5-4-12-13(7-21)18(27-16(12)8-23)22-17(25)9-26-15-3-2-11(19)6-14(15)20/h2-3,6H,4-5,8-9H2,1H3,(H,22,25). The second-order valence-corrected chi connectivity index (χ2v) is 7.87. The lowest BCUT2D eigenvalue weighted by Crippen LogP contribution is -2.33. The first-order valence-corrected chi connectivity index (χ1v) is 9.64. The zero-order chi connectivity index (χ0) is 19.6. The van der Waals surface area contributed by atoms with E-state index < -0.39 is 5.91 Å². The van der Waals surface area contributed by atoms with E-state index in [1.165, 1.54) is 24.3 Å². The molecule has 1 aliphatic heterocycles. The van der Waals surface area contributed by atoms with Crippen molar-refractivity contribution in [1.82, 2.24) is 4.90 Å². The summed E-state index contributed by atoms with van der Waals surface area (Å²) in [5, 5.41) is 13.5. The van der Waals surface area contributed by atoms with E-state index in [-0.39, 0.29) is 12.5 Å². The molecule has 27 heavy (non-hydrogen) atoms. The molecule has 9 heteroatoms. The fourth-order valence-electron chi connectivity index (χ4n) is 2.78. The highest BCUT2D eigenvalue weighted by Crippen LogP contribution is 2.36. The van der Waals surface area contributed by atoms with Gasteiger partial charge < -0.3 is 15.0 Å². The fourth-order valence-corrected chi connectivity index (χ4v) is 4.47. The molecule has 0 fully saturated rings. The largest absolute Gasteiger partial charge is 0.482 e. The summed E-state index contributed by atoms with van der Waals surface area (Å²) in [4.78, 5) is 26.5. The Balaban J connectivity index is 1.69. The van der Waals surface area contributed by atoms with Crippen LogP contribution in [0, 0.1) is 11.3 Å². The van der Waals surface area contributed by atoms with Crippen molar-refractivity contribution in [2.75, 3.05) is 18.5 Å². The topological polar surface area (TPSA) is 82.4 Å². The molecule has 3 rings (SSSR count). The Labute approximate surface area is 170 Å². The van der Waals surface area contributed by atoms with Crippen molar-refractivity contribution >= 4 is 51.4 Å². The summed E-state index contributed by atoms with van der Waals surface area (Å²) in [5.41, 5.74) is 1.35. The fraction of sp³-hybridized carbons (Fsp3) is 0.278. The molecule has 1 aromatic heterocycles. The number of carbonyl (C=O) groups excluding carboxylic acids is 2. The zero-order valence-corrected chi connectivity index (χ0v) is 16.7. The van der Waals surface area contributed by atoms with Gasteiger partial charge in [0.2, 0.25) is 5.91 Å². The molecule has 1 aromatic carbocycles. The van der Waals surface area contributed by atoms with Gasteiger partial charge in [0.25, 0.3) is 5.91 Å². The molecular formula is C18H15Cl2N3O3S. The molecule has 2 amide bonds. The second kappa shape index (κ2) is 8.17. The quantitative estimate of drug-likeness (QED) is 0.809. The first-order valence-electron chi connectivity index (χ1n) is 8.07. The van der Waals surface area contributed by atoms with Crippen molar-refractivity contribution in [3.63, 3.8) is 0 Å². The maximum Gasteiger partial charge on any atom is 0.262 e. The number of anilines is 1. The molecule has 1 aliphatic rings. The number of rotatable bonds is 4. The van der Waals surface area contributed by atoms with Crippen LogP contribution in [0.4, 0.5) is 5.00 Å². The van der Waals surface area contributed by atoms with Crippen LogP contribution in [-0.4, -0.2) is 29.9 Å². The number of fused-ring (bicyclic) bond motifs is 1. The third-order valence-corrected chi connectivity index (χ3v) is 5.78. The first kappa shape index (κ1) is 19.5. The number of nitriles is 1. The van der Waals surface area contributed by atoms with Crippen LogP contribution in [0.3, 0.4) is 0 Å². The maximum absolute atomic E-state index is 12.2. The van der Waals surface area contributed by atoms with Crippen LogP contribution in [0.2, 0.25) is 10.0 Å². The summed E-state index contributed by atoms with van der Waals surface area (Å²) in [5.74, 6) is -0.0646. The lowest BCUT2D eigenvalue weighted by atomic mass is 10.0. The van der Waals surface area contributed by atoms with E-state index in [0.717, 1.165) is 10.4 Å². The summed E-state index contributed by atoms with van der Waals surface area (Å²) < 4.78 is 5.42. The molecule has 0 aliphatic carbocycles. The van der Waals surface area contributed by atoms with Crippen molar-refractivity contribution in [3.8, 4) is 11.8 Å². The molecule has 140 valence electrons. The van der Waals surface area contributed by atoms with E-state index in [4.69, 9.17) is 27.9 Å². The van der Waals surface area contributed by atoms with Gasteiger partial charge in [-0.2, -0.15) is 5.26 Å². The zero-order valence-electron chi connectivity index (χ0n) is 14.3. The van der Waals surface area contributed by atoms with Gasteiger partial charge in [0, 0.05) is 23.4 Å². The van der Waals surface area contributed by atoms with Crippen LogP contribution in [0.5, 0.6) is 5.75 Å². The van der Waals surface area contributed by atoms with Crippen molar-refractivity contribution in [2.45, 2.75) is 19.9 Å². The van der Waals surface area contributed by atoms with Crippen molar-refractivity contribution < 1.29 is 14.3 Å². The first-order chi connectivity index (χ1) is 12.9. The maximum atomic E-state index is 12.2. The van der Waals surface area contributed by atoms with E-state index in [2.05, 4.69) is 11.4 Å². The van der Waals surface area contributed by atoms with Crippen molar-refractivity contribution in [2.24, 2.45) is 0 Å². The second-order valence-electron chi connectivity index (χ2n) is 5.92. The number of thiophene rings is 1. The van der Waals surface area contributed by atoms with Gasteiger partial charge in [-0.05, 0) is 30.2 Å². The molecule has 0 bridgehead atoms. The Bertz CT molecular complexity index is 952. The minimum Gasteiger partial charge on any atom is -0.482 e.